The summed E-state index contributed by atoms with van der Waals surface area (Å²) in [6.45, 7) is 4.00. The third-order valence-corrected chi connectivity index (χ3v) is 4.23. The van der Waals surface area contributed by atoms with Crippen molar-refractivity contribution in [1.29, 1.82) is 0 Å². The molecule has 1 fully saturated rings. The van der Waals surface area contributed by atoms with Gasteiger partial charge in [0.25, 0.3) is 5.56 Å². The minimum Gasteiger partial charge on any atom is -0.369 e. The quantitative estimate of drug-likeness (QED) is 0.905. The highest BCUT2D eigenvalue weighted by Crippen LogP contribution is 2.17. The van der Waals surface area contributed by atoms with Crippen molar-refractivity contribution < 1.29 is 4.79 Å². The molecular weight excluding hydrogens is 280 g/mol. The molecule has 116 valence electrons. The molecule has 0 spiro atoms. The van der Waals surface area contributed by atoms with Crippen LogP contribution in [-0.2, 0) is 11.3 Å². The van der Waals surface area contributed by atoms with Gasteiger partial charge in [-0.15, -0.1) is 0 Å². The second kappa shape index (κ2) is 5.88. The number of carbonyl (C=O) groups excluding carboxylic acids is 1. The van der Waals surface area contributed by atoms with Gasteiger partial charge in [0, 0.05) is 24.8 Å². The Kier molecular flexibility index (Phi) is 3.94. The van der Waals surface area contributed by atoms with E-state index in [1.54, 1.807) is 10.5 Å². The van der Waals surface area contributed by atoms with Crippen molar-refractivity contribution in [2.45, 2.75) is 26.3 Å². The average molecular weight is 300 g/mol. The Balaban J connectivity index is 1.85. The first-order valence-corrected chi connectivity index (χ1v) is 7.54. The van der Waals surface area contributed by atoms with Crippen LogP contribution in [0.3, 0.4) is 0 Å². The summed E-state index contributed by atoms with van der Waals surface area (Å²) in [7, 11) is 0. The van der Waals surface area contributed by atoms with Crippen molar-refractivity contribution in [2.24, 2.45) is 11.7 Å². The van der Waals surface area contributed by atoms with Crippen LogP contribution < -0.4 is 11.3 Å². The van der Waals surface area contributed by atoms with Crippen LogP contribution in [0.4, 0.5) is 0 Å². The molecule has 22 heavy (non-hydrogen) atoms. The lowest BCUT2D eigenvalue weighted by Gasteiger charge is -2.30. The predicted molar refractivity (Wildman–Crippen MR) is 83.4 cm³/mol. The van der Waals surface area contributed by atoms with Crippen molar-refractivity contribution in [1.82, 2.24) is 14.3 Å². The smallest absolute Gasteiger partial charge is 0.258 e. The number of primary amides is 1. The average Bonchev–Trinajstić information content (AvgIpc) is 2.47. The number of nitrogens with zero attached hydrogens (tertiary/aromatic N) is 3. The maximum absolute atomic E-state index is 12.3. The Morgan fingerprint density at radius 3 is 3.05 bits per heavy atom. The lowest BCUT2D eigenvalue weighted by atomic mass is 9.97. The summed E-state index contributed by atoms with van der Waals surface area (Å²) >= 11 is 0. The lowest BCUT2D eigenvalue weighted by molar-refractivity contribution is -0.123. The molecule has 1 atom stereocenters. The zero-order chi connectivity index (χ0) is 15.7. The standard InChI is InChI=1S/C16H20N4O2/c1-11-4-2-6-14-18-13(8-15(21)20(11)14)10-19-7-3-5-12(9-19)16(17)22/h2,4,6,8,12H,3,5,7,9-10H2,1H3,(H2,17,22)/t12-/m0/s1. The van der Waals surface area contributed by atoms with E-state index in [1.165, 1.54) is 0 Å². The van der Waals surface area contributed by atoms with Gasteiger partial charge < -0.3 is 5.73 Å². The molecule has 3 heterocycles. The summed E-state index contributed by atoms with van der Waals surface area (Å²) in [5, 5.41) is 0. The van der Waals surface area contributed by atoms with E-state index in [4.69, 9.17) is 5.73 Å². The van der Waals surface area contributed by atoms with Gasteiger partial charge in [0.2, 0.25) is 5.91 Å². The topological polar surface area (TPSA) is 80.7 Å². The van der Waals surface area contributed by atoms with Crippen molar-refractivity contribution in [3.05, 3.63) is 46.0 Å². The molecule has 0 saturated carbocycles. The van der Waals surface area contributed by atoms with E-state index in [1.807, 2.05) is 25.1 Å². The number of likely N-dealkylation sites (tertiary alicyclic amines) is 1. The molecule has 0 aliphatic carbocycles. The number of hydrogen-bond donors (Lipinski definition) is 1. The van der Waals surface area contributed by atoms with Gasteiger partial charge in [-0.05, 0) is 38.4 Å². The van der Waals surface area contributed by atoms with Crippen LogP contribution in [0.15, 0.2) is 29.1 Å². The minimum absolute atomic E-state index is 0.0680. The van der Waals surface area contributed by atoms with Crippen LogP contribution in [0.1, 0.15) is 24.2 Å². The lowest BCUT2D eigenvalue weighted by Crippen LogP contribution is -2.41. The number of aromatic nitrogens is 2. The largest absolute Gasteiger partial charge is 0.369 e. The fraction of sp³-hybridized carbons (Fsp3) is 0.438. The predicted octanol–water partition coefficient (Wildman–Crippen LogP) is 0.700. The van der Waals surface area contributed by atoms with Gasteiger partial charge in [-0.1, -0.05) is 6.07 Å². The van der Waals surface area contributed by atoms with Gasteiger partial charge in [0.05, 0.1) is 11.6 Å². The monoisotopic (exact) mass is 300 g/mol. The third kappa shape index (κ3) is 2.87. The first-order valence-electron chi connectivity index (χ1n) is 7.54. The van der Waals surface area contributed by atoms with Crippen LogP contribution in [0, 0.1) is 12.8 Å². The molecule has 1 aliphatic rings. The second-order valence-electron chi connectivity index (χ2n) is 5.92. The van der Waals surface area contributed by atoms with E-state index < -0.39 is 0 Å². The highest BCUT2D eigenvalue weighted by Gasteiger charge is 2.24. The Bertz CT molecular complexity index is 768. The van der Waals surface area contributed by atoms with Crippen molar-refractivity contribution >= 4 is 11.6 Å². The normalized spacial score (nSPS) is 19.4. The molecule has 0 bridgehead atoms. The Hall–Kier alpha value is -2.21. The molecule has 1 aliphatic heterocycles. The molecule has 2 aromatic rings. The zero-order valence-corrected chi connectivity index (χ0v) is 12.7. The molecule has 6 nitrogen and oxygen atoms in total. The van der Waals surface area contributed by atoms with E-state index in [-0.39, 0.29) is 17.4 Å². The first kappa shape index (κ1) is 14.7. The van der Waals surface area contributed by atoms with Gasteiger partial charge in [-0.25, -0.2) is 4.98 Å². The summed E-state index contributed by atoms with van der Waals surface area (Å²) < 4.78 is 1.60. The Morgan fingerprint density at radius 1 is 1.45 bits per heavy atom. The van der Waals surface area contributed by atoms with Crippen LogP contribution >= 0.6 is 0 Å². The van der Waals surface area contributed by atoms with Crippen molar-refractivity contribution in [3.63, 3.8) is 0 Å². The molecule has 0 radical (unpaired) electrons. The number of pyridine rings is 1. The van der Waals surface area contributed by atoms with Crippen LogP contribution in [0.5, 0.6) is 0 Å². The minimum atomic E-state index is -0.244. The van der Waals surface area contributed by atoms with Crippen molar-refractivity contribution in [3.8, 4) is 0 Å². The maximum atomic E-state index is 12.3. The summed E-state index contributed by atoms with van der Waals surface area (Å²) in [4.78, 5) is 30.3. The number of nitrogens with two attached hydrogens (primary N) is 1. The van der Waals surface area contributed by atoms with E-state index in [0.717, 1.165) is 30.8 Å². The van der Waals surface area contributed by atoms with Crippen molar-refractivity contribution in [2.75, 3.05) is 13.1 Å². The van der Waals surface area contributed by atoms with Crippen LogP contribution in [0.2, 0.25) is 0 Å². The second-order valence-corrected chi connectivity index (χ2v) is 5.92. The maximum Gasteiger partial charge on any atom is 0.258 e. The summed E-state index contributed by atoms with van der Waals surface area (Å²) in [6.07, 6.45) is 1.79. The van der Waals surface area contributed by atoms with Gasteiger partial charge in [0.1, 0.15) is 5.65 Å². The van der Waals surface area contributed by atoms with E-state index >= 15 is 0 Å². The van der Waals surface area contributed by atoms with E-state index in [0.29, 0.717) is 18.7 Å². The zero-order valence-electron chi connectivity index (χ0n) is 12.7. The fourth-order valence-corrected chi connectivity index (χ4v) is 3.11. The molecule has 2 N–H and O–H groups in total. The molecule has 0 aromatic carbocycles. The van der Waals surface area contributed by atoms with Gasteiger partial charge in [0.15, 0.2) is 0 Å². The number of piperidine rings is 1. The molecule has 1 saturated heterocycles. The van der Waals surface area contributed by atoms with Gasteiger partial charge in [-0.2, -0.15) is 0 Å². The number of hydrogen-bond acceptors (Lipinski definition) is 4. The molecule has 0 unspecified atom stereocenters. The molecule has 2 aromatic heterocycles. The first-order chi connectivity index (χ1) is 10.5. The molecular formula is C16H20N4O2. The summed E-state index contributed by atoms with van der Waals surface area (Å²) in [5.74, 6) is -0.343. The summed E-state index contributed by atoms with van der Waals surface area (Å²) in [6, 6.07) is 7.19. The van der Waals surface area contributed by atoms with Crippen LogP contribution in [0.25, 0.3) is 5.65 Å². The summed E-state index contributed by atoms with van der Waals surface area (Å²) in [5.41, 5.74) is 7.60. The molecule has 6 heteroatoms. The number of fused-ring (bicyclic) bond motifs is 1. The highest BCUT2D eigenvalue weighted by molar-refractivity contribution is 5.76. The molecule has 3 rings (SSSR count). The van der Waals surface area contributed by atoms with E-state index in [2.05, 4.69) is 9.88 Å². The van der Waals surface area contributed by atoms with Gasteiger partial charge >= 0.3 is 0 Å². The number of carbonyl (C=O) groups is 1. The van der Waals surface area contributed by atoms with E-state index in [9.17, 15) is 9.59 Å². The number of amides is 1. The number of rotatable bonds is 3. The Morgan fingerprint density at radius 2 is 2.27 bits per heavy atom. The Labute approximate surface area is 128 Å². The van der Waals surface area contributed by atoms with Crippen LogP contribution in [-0.4, -0.2) is 33.3 Å². The fourth-order valence-electron chi connectivity index (χ4n) is 3.11. The highest BCUT2D eigenvalue weighted by atomic mass is 16.1. The third-order valence-electron chi connectivity index (χ3n) is 4.23. The van der Waals surface area contributed by atoms with Gasteiger partial charge in [-0.3, -0.25) is 18.9 Å². The number of aryl methyl sites for hydroxylation is 1. The molecule has 1 amide bonds. The SMILES string of the molecule is Cc1cccc2nc(CN3CCC[C@H](C(N)=O)C3)cc(=O)n12.